The molecule has 1 saturated heterocycles. The van der Waals surface area contributed by atoms with E-state index in [9.17, 15) is 13.9 Å². The molecule has 8 nitrogen and oxygen atoms in total. The summed E-state index contributed by atoms with van der Waals surface area (Å²) in [4.78, 5) is 19.3. The Morgan fingerprint density at radius 3 is 2.53 bits per heavy atom. The Morgan fingerprint density at radius 2 is 1.86 bits per heavy atom. The van der Waals surface area contributed by atoms with Crippen LogP contribution in [0.15, 0.2) is 36.7 Å². The lowest BCUT2D eigenvalue weighted by Crippen LogP contribution is -2.48. The summed E-state index contributed by atoms with van der Waals surface area (Å²) < 4.78 is 31.6. The summed E-state index contributed by atoms with van der Waals surface area (Å²) >= 11 is 0. The SMILES string of the molecule is CCN1CC([C@H](O)c2ccc(Nc3ncc(F)c(-c4cc(F)c5nc(C)n(C(C)C)c5c4)n3)nc2)C1. The molecule has 0 bridgehead atoms. The zero-order valence-electron chi connectivity index (χ0n) is 20.7. The Labute approximate surface area is 208 Å². The summed E-state index contributed by atoms with van der Waals surface area (Å²) in [7, 11) is 0. The van der Waals surface area contributed by atoms with Crippen molar-refractivity contribution >= 4 is 22.8 Å². The number of hydrogen-bond acceptors (Lipinski definition) is 7. The molecular formula is C26H29F2N7O. The Hall–Kier alpha value is -3.50. The first-order chi connectivity index (χ1) is 17.2. The number of aliphatic hydroxyl groups excluding tert-OH is 1. The number of hydrogen-bond donors (Lipinski definition) is 2. The third-order valence-electron chi connectivity index (χ3n) is 6.71. The Morgan fingerprint density at radius 1 is 1.08 bits per heavy atom. The summed E-state index contributed by atoms with van der Waals surface area (Å²) in [6.45, 7) is 10.6. The number of pyridine rings is 1. The lowest BCUT2D eigenvalue weighted by atomic mass is 9.90. The van der Waals surface area contributed by atoms with Crippen molar-refractivity contribution < 1.29 is 13.9 Å². The van der Waals surface area contributed by atoms with Gasteiger partial charge in [0.1, 0.15) is 22.9 Å². The van der Waals surface area contributed by atoms with Crippen molar-refractivity contribution in [3.8, 4) is 11.3 Å². The summed E-state index contributed by atoms with van der Waals surface area (Å²) in [5.74, 6) is 0.242. The van der Waals surface area contributed by atoms with Crippen molar-refractivity contribution in [3.63, 3.8) is 0 Å². The van der Waals surface area contributed by atoms with Gasteiger partial charge < -0.3 is 19.9 Å². The minimum atomic E-state index is -0.667. The van der Waals surface area contributed by atoms with Gasteiger partial charge in [-0.25, -0.2) is 28.7 Å². The number of imidazole rings is 1. The quantitative estimate of drug-likeness (QED) is 0.383. The molecule has 4 heterocycles. The van der Waals surface area contributed by atoms with E-state index in [4.69, 9.17) is 0 Å². The zero-order chi connectivity index (χ0) is 25.6. The largest absolute Gasteiger partial charge is 0.388 e. The Bertz CT molecular complexity index is 1400. The first kappa shape index (κ1) is 24.2. The normalized spacial score (nSPS) is 15.4. The molecule has 3 aromatic heterocycles. The van der Waals surface area contributed by atoms with Crippen LogP contribution in [0.3, 0.4) is 0 Å². The van der Waals surface area contributed by atoms with Gasteiger partial charge in [0.05, 0.1) is 17.8 Å². The molecule has 1 aliphatic heterocycles. The van der Waals surface area contributed by atoms with Crippen LogP contribution >= 0.6 is 0 Å². The van der Waals surface area contributed by atoms with Crippen molar-refractivity contribution in [2.75, 3.05) is 25.0 Å². The van der Waals surface area contributed by atoms with Crippen molar-refractivity contribution in [3.05, 3.63) is 59.7 Å². The lowest BCUT2D eigenvalue weighted by Gasteiger charge is -2.41. The molecule has 0 aliphatic carbocycles. The molecule has 0 spiro atoms. The van der Waals surface area contributed by atoms with Crippen LogP contribution < -0.4 is 5.32 Å². The number of anilines is 2. The fourth-order valence-corrected chi connectivity index (χ4v) is 4.80. The maximum atomic E-state index is 14.9. The van der Waals surface area contributed by atoms with Gasteiger partial charge in [0.2, 0.25) is 5.95 Å². The third kappa shape index (κ3) is 4.42. The number of nitrogens with zero attached hydrogens (tertiary/aromatic N) is 6. The highest BCUT2D eigenvalue weighted by Crippen LogP contribution is 2.31. The number of nitrogens with one attached hydrogen (secondary N) is 1. The summed E-state index contributed by atoms with van der Waals surface area (Å²) in [5.41, 5.74) is 1.82. The minimum Gasteiger partial charge on any atom is -0.388 e. The number of likely N-dealkylation sites (tertiary alicyclic amines) is 1. The highest BCUT2D eigenvalue weighted by Gasteiger charge is 2.32. The minimum absolute atomic E-state index is 0.0278. The van der Waals surface area contributed by atoms with Gasteiger partial charge in [-0.05, 0) is 51.1 Å². The molecule has 4 aromatic rings. The smallest absolute Gasteiger partial charge is 0.229 e. The van der Waals surface area contributed by atoms with E-state index >= 15 is 0 Å². The van der Waals surface area contributed by atoms with Crippen LogP contribution in [0.4, 0.5) is 20.5 Å². The van der Waals surface area contributed by atoms with Gasteiger partial charge in [0.25, 0.3) is 0 Å². The van der Waals surface area contributed by atoms with Crippen molar-refractivity contribution in [2.45, 2.75) is 39.8 Å². The van der Waals surface area contributed by atoms with E-state index in [1.165, 1.54) is 6.07 Å². The zero-order valence-corrected chi connectivity index (χ0v) is 20.7. The van der Waals surface area contributed by atoms with Gasteiger partial charge in [-0.2, -0.15) is 0 Å². The van der Waals surface area contributed by atoms with E-state index in [0.717, 1.165) is 31.4 Å². The van der Waals surface area contributed by atoms with Gasteiger partial charge in [-0.15, -0.1) is 0 Å². The van der Waals surface area contributed by atoms with E-state index in [0.29, 0.717) is 17.2 Å². The van der Waals surface area contributed by atoms with Gasteiger partial charge in [0.15, 0.2) is 11.6 Å². The van der Waals surface area contributed by atoms with E-state index in [1.807, 2.05) is 25.3 Å². The summed E-state index contributed by atoms with van der Waals surface area (Å²) in [6, 6.07) is 6.51. The molecule has 1 aromatic carbocycles. The van der Waals surface area contributed by atoms with Gasteiger partial charge in [-0.1, -0.05) is 13.0 Å². The van der Waals surface area contributed by atoms with Crippen molar-refractivity contribution in [2.24, 2.45) is 5.92 Å². The van der Waals surface area contributed by atoms with Gasteiger partial charge in [-0.3, -0.25) is 0 Å². The number of aryl methyl sites for hydroxylation is 1. The number of benzene rings is 1. The maximum absolute atomic E-state index is 14.9. The Kier molecular flexibility index (Phi) is 6.40. The van der Waals surface area contributed by atoms with Crippen LogP contribution in [0.2, 0.25) is 0 Å². The molecule has 1 fully saturated rings. The number of fused-ring (bicyclic) bond motifs is 1. The van der Waals surface area contributed by atoms with E-state index < -0.39 is 17.7 Å². The molecule has 188 valence electrons. The van der Waals surface area contributed by atoms with Crippen LogP contribution in [-0.2, 0) is 0 Å². The molecule has 1 atom stereocenters. The standard InChI is InChI=1S/C26H29F2N7O/c1-5-34-12-18(13-34)25(36)16-6-7-22(29-10-16)32-26-30-11-20(28)23(33-26)17-8-19(27)24-21(9-17)35(14(2)3)15(4)31-24/h6-11,14,18,25,36H,5,12-13H2,1-4H3,(H,29,30,32,33)/t25-/m1/s1. The van der Waals surface area contributed by atoms with Crippen LogP contribution in [0.25, 0.3) is 22.3 Å². The van der Waals surface area contributed by atoms with Gasteiger partial charge >= 0.3 is 0 Å². The predicted octanol–water partition coefficient (Wildman–Crippen LogP) is 4.78. The molecule has 2 N–H and O–H groups in total. The molecule has 5 rings (SSSR count). The van der Waals surface area contributed by atoms with Crippen molar-refractivity contribution in [1.82, 2.24) is 29.4 Å². The number of halogens is 2. The predicted molar refractivity (Wildman–Crippen MR) is 134 cm³/mol. The summed E-state index contributed by atoms with van der Waals surface area (Å²) in [6.07, 6.45) is 2.09. The second-order valence-electron chi connectivity index (χ2n) is 9.50. The molecule has 0 radical (unpaired) electrons. The highest BCUT2D eigenvalue weighted by molar-refractivity contribution is 5.83. The molecule has 36 heavy (non-hydrogen) atoms. The average molecular weight is 494 g/mol. The summed E-state index contributed by atoms with van der Waals surface area (Å²) in [5, 5.41) is 13.6. The topological polar surface area (TPSA) is 92.0 Å². The first-order valence-electron chi connectivity index (χ1n) is 12.1. The van der Waals surface area contributed by atoms with E-state index in [-0.39, 0.29) is 34.7 Å². The van der Waals surface area contributed by atoms with Crippen LogP contribution in [0.5, 0.6) is 0 Å². The number of aliphatic hydroxyl groups is 1. The third-order valence-corrected chi connectivity index (χ3v) is 6.71. The maximum Gasteiger partial charge on any atom is 0.229 e. The fourth-order valence-electron chi connectivity index (χ4n) is 4.80. The van der Waals surface area contributed by atoms with Crippen molar-refractivity contribution in [1.29, 1.82) is 0 Å². The monoisotopic (exact) mass is 493 g/mol. The molecule has 0 saturated carbocycles. The van der Waals surface area contributed by atoms with Crippen LogP contribution in [0.1, 0.15) is 44.3 Å². The lowest BCUT2D eigenvalue weighted by molar-refractivity contribution is -0.00230. The second kappa shape index (κ2) is 9.51. The van der Waals surface area contributed by atoms with E-state index in [1.54, 1.807) is 24.4 Å². The highest BCUT2D eigenvalue weighted by atomic mass is 19.1. The molecule has 0 amide bonds. The Balaban J connectivity index is 1.40. The first-order valence-corrected chi connectivity index (χ1v) is 12.1. The number of aromatic nitrogens is 5. The number of rotatable bonds is 7. The van der Waals surface area contributed by atoms with Crippen LogP contribution in [0, 0.1) is 24.5 Å². The fraction of sp³-hybridized carbons (Fsp3) is 0.385. The molecule has 1 aliphatic rings. The molecule has 0 unspecified atom stereocenters. The van der Waals surface area contributed by atoms with Gasteiger partial charge in [0, 0.05) is 36.8 Å². The van der Waals surface area contributed by atoms with E-state index in [2.05, 4.69) is 37.1 Å². The van der Waals surface area contributed by atoms with Crippen LogP contribution in [-0.4, -0.2) is 54.1 Å². The molecular weight excluding hydrogens is 464 g/mol. The second-order valence-corrected chi connectivity index (χ2v) is 9.50. The molecule has 10 heteroatoms. The average Bonchev–Trinajstić information content (AvgIpc) is 3.16.